The van der Waals surface area contributed by atoms with Gasteiger partial charge in [-0.25, -0.2) is 9.59 Å². The van der Waals surface area contributed by atoms with Gasteiger partial charge >= 0.3 is 17.6 Å². The number of nitrogens with zero attached hydrogens (tertiary/aromatic N) is 1. The number of rotatable bonds is 11. The van der Waals surface area contributed by atoms with Gasteiger partial charge in [-0.15, -0.1) is 0 Å². The van der Waals surface area contributed by atoms with Gasteiger partial charge in [0.25, 0.3) is 0 Å². The molecule has 264 valence electrons. The molecule has 0 spiro atoms. The summed E-state index contributed by atoms with van der Waals surface area (Å²) in [5.41, 5.74) is 7.77. The third-order valence-electron chi connectivity index (χ3n) is 12.2. The Balaban J connectivity index is 1.18. The summed E-state index contributed by atoms with van der Waals surface area (Å²) in [5, 5.41) is 36.0. The summed E-state index contributed by atoms with van der Waals surface area (Å²) in [6.45, 7) is 4.07. The van der Waals surface area contributed by atoms with Gasteiger partial charge in [0, 0.05) is 30.4 Å². The van der Waals surface area contributed by atoms with Crippen LogP contribution < -0.4 is 22.4 Å². The van der Waals surface area contributed by atoms with Crippen LogP contribution in [0.1, 0.15) is 96.0 Å². The van der Waals surface area contributed by atoms with E-state index >= 15 is 0 Å². The van der Waals surface area contributed by atoms with E-state index in [0.29, 0.717) is 50.5 Å². The second kappa shape index (κ2) is 13.6. The lowest BCUT2D eigenvalue weighted by Gasteiger charge is -2.63. The number of ketones is 1. The Morgan fingerprint density at radius 2 is 1.85 bits per heavy atom. The summed E-state index contributed by atoms with van der Waals surface area (Å²) in [6.07, 6.45) is 3.44. The lowest BCUT2D eigenvalue weighted by Crippen LogP contribution is -2.70. The largest absolute Gasteiger partial charge is 0.480 e. The van der Waals surface area contributed by atoms with Crippen molar-refractivity contribution in [2.45, 2.75) is 114 Å². The highest BCUT2D eigenvalue weighted by molar-refractivity contribution is 5.89. The van der Waals surface area contributed by atoms with E-state index in [1.807, 2.05) is 0 Å². The number of nitrogens with one attached hydrogen (secondary N) is 1. The molecule has 0 aliphatic heterocycles. The summed E-state index contributed by atoms with van der Waals surface area (Å²) in [4.78, 5) is 66.3. The fourth-order valence-electron chi connectivity index (χ4n) is 9.67. The molecule has 0 saturated heterocycles. The second-order valence-corrected chi connectivity index (χ2v) is 14.6. The predicted molar refractivity (Wildman–Crippen MR) is 171 cm³/mol. The number of carboxylic acids is 1. The topological polar surface area (TPSA) is 245 Å². The number of nitrogens with two attached hydrogens (primary N) is 2. The van der Waals surface area contributed by atoms with E-state index in [9.17, 15) is 39.3 Å². The van der Waals surface area contributed by atoms with Crippen LogP contribution in [0, 0.1) is 28.6 Å². The summed E-state index contributed by atoms with van der Waals surface area (Å²) in [5.74, 6) is -3.95. The van der Waals surface area contributed by atoms with Crippen molar-refractivity contribution in [3.8, 4) is 0 Å². The van der Waals surface area contributed by atoms with Crippen molar-refractivity contribution in [1.82, 2.24) is 5.32 Å². The molecule has 0 radical (unpaired) electrons. The molecule has 4 aliphatic rings. The Labute approximate surface area is 278 Å². The van der Waals surface area contributed by atoms with Crippen molar-refractivity contribution in [3.63, 3.8) is 0 Å². The zero-order valence-electron chi connectivity index (χ0n) is 27.6. The second-order valence-electron chi connectivity index (χ2n) is 14.6. The smallest absolute Gasteiger partial charge is 0.335 e. The molecule has 10 atom stereocenters. The number of hydrogen-bond acceptors (Lipinski definition) is 10. The van der Waals surface area contributed by atoms with Crippen LogP contribution >= 0.6 is 0 Å². The minimum atomic E-state index is -1.40. The Morgan fingerprint density at radius 1 is 1.10 bits per heavy atom. The summed E-state index contributed by atoms with van der Waals surface area (Å²) in [6, 6.07) is 1.83. The maximum atomic E-state index is 14.2. The Morgan fingerprint density at radius 3 is 2.52 bits per heavy atom. The fourth-order valence-corrected chi connectivity index (χ4v) is 9.67. The van der Waals surface area contributed by atoms with Gasteiger partial charge in [-0.05, 0) is 92.6 Å². The molecule has 0 aromatic carbocycles. The van der Waals surface area contributed by atoms with Crippen molar-refractivity contribution in [2.24, 2.45) is 45.0 Å². The van der Waals surface area contributed by atoms with Gasteiger partial charge in [-0.3, -0.25) is 19.4 Å². The van der Waals surface area contributed by atoms with Crippen molar-refractivity contribution in [2.75, 3.05) is 6.54 Å². The highest BCUT2D eigenvalue weighted by Crippen LogP contribution is 2.69. The minimum Gasteiger partial charge on any atom is -0.480 e. The van der Waals surface area contributed by atoms with Crippen LogP contribution in [0.4, 0.5) is 0 Å². The molecule has 1 aromatic heterocycles. The number of carbonyl (C=O) groups excluding carboxylic acids is 3. The lowest BCUT2D eigenvalue weighted by molar-refractivity contribution is -0.231. The number of ether oxygens (including phenoxy) is 1. The van der Waals surface area contributed by atoms with E-state index in [2.05, 4.69) is 17.2 Å². The number of Topliss-reactive ketones (excluding diaryl/α,β-unsaturated/α-hetero) is 1. The molecule has 1 aromatic rings. The molecule has 48 heavy (non-hydrogen) atoms. The van der Waals surface area contributed by atoms with E-state index in [1.165, 1.54) is 12.3 Å². The van der Waals surface area contributed by atoms with Crippen LogP contribution in [0.5, 0.6) is 0 Å². The molecule has 0 bridgehead atoms. The highest BCUT2D eigenvalue weighted by atomic mass is 16.5. The first kappa shape index (κ1) is 35.5. The number of carboxylic acid groups (broad SMARTS) is 1. The number of aliphatic carboxylic acids is 1. The van der Waals surface area contributed by atoms with E-state index in [1.54, 1.807) is 13.0 Å². The Bertz CT molecular complexity index is 1490. The van der Waals surface area contributed by atoms with Crippen LogP contribution in [0.25, 0.3) is 0 Å². The third kappa shape index (κ3) is 6.36. The first-order valence-corrected chi connectivity index (χ1v) is 16.9. The molecule has 8 N–H and O–H groups in total. The van der Waals surface area contributed by atoms with Gasteiger partial charge < -0.3 is 41.3 Å². The van der Waals surface area contributed by atoms with Gasteiger partial charge in [-0.2, -0.15) is 0 Å². The molecule has 4 aliphatic carbocycles. The lowest BCUT2D eigenvalue weighted by atomic mass is 9.42. The molecular weight excluding hydrogens is 624 g/mol. The number of carbonyl (C=O) groups is 4. The number of amides is 1. The van der Waals surface area contributed by atoms with Gasteiger partial charge in [-0.1, -0.05) is 13.8 Å². The third-order valence-corrected chi connectivity index (χ3v) is 12.2. The molecule has 4 fully saturated rings. The average molecular weight is 673 g/mol. The number of aliphatic imine (C=N–C) groups is 1. The average Bonchev–Trinajstić information content (AvgIpc) is 3.32. The van der Waals surface area contributed by atoms with Crippen LogP contribution in [0.15, 0.2) is 32.6 Å². The number of aliphatic hydroxyl groups is 2. The van der Waals surface area contributed by atoms with Crippen molar-refractivity contribution in [3.05, 3.63) is 34.4 Å². The van der Waals surface area contributed by atoms with E-state index in [4.69, 9.17) is 20.6 Å². The summed E-state index contributed by atoms with van der Waals surface area (Å²) in [7, 11) is 0. The maximum Gasteiger partial charge on any atom is 0.335 e. The van der Waals surface area contributed by atoms with E-state index < -0.39 is 64.1 Å². The molecule has 1 heterocycles. The summed E-state index contributed by atoms with van der Waals surface area (Å²) < 4.78 is 10.9. The molecule has 14 nitrogen and oxygen atoms in total. The molecular formula is C34H48N4O10. The number of esters is 1. The maximum absolute atomic E-state index is 14.2. The predicted octanol–water partition coefficient (Wildman–Crippen LogP) is 1.35. The van der Waals surface area contributed by atoms with Crippen LogP contribution in [0.3, 0.4) is 0 Å². The van der Waals surface area contributed by atoms with Crippen LogP contribution in [-0.2, 0) is 23.9 Å². The fraction of sp³-hybridized carbons (Fsp3) is 0.706. The van der Waals surface area contributed by atoms with Gasteiger partial charge in [0.2, 0.25) is 5.91 Å². The first-order valence-electron chi connectivity index (χ1n) is 16.9. The zero-order valence-corrected chi connectivity index (χ0v) is 27.6. The van der Waals surface area contributed by atoms with Crippen LogP contribution in [-0.4, -0.2) is 75.3 Å². The highest BCUT2D eigenvalue weighted by Gasteiger charge is 2.73. The van der Waals surface area contributed by atoms with Crippen molar-refractivity contribution >= 4 is 29.6 Å². The number of aliphatic hydroxyl groups excluding tert-OH is 1. The standard InChI is InChI=1S/C34H48N4O10/c1-32-13-11-20(48-26(41)10-8-24(39)38-23(30(44)45)4-3-15-37-31(35)36)16-19(32)6-7-22-27(32)28(42)29(43)33(2)21(12-14-34(22,33)46)18-5-9-25(40)47-17-18/h5,9,17,19-23,27,29,43,46H,3-4,6-8,10-16H2,1-2H3,(H,38,39)(H,44,45)(H4,35,36,37)/t19-,20+,21-,22-,23+,27-,29-,32+,33+,34+/m1/s1. The molecule has 5 rings (SSSR count). The minimum absolute atomic E-state index is 0.0218. The van der Waals surface area contributed by atoms with Gasteiger partial charge in [0.15, 0.2) is 11.7 Å². The Kier molecular flexibility index (Phi) is 10.1. The SMILES string of the molecule is C[C@]12CC[C@H](OC(=O)CCC(=O)N[C@@H](CCCN=C(N)N)C(=O)O)C[C@H]1CC[C@@H]1[C@@H]2C(=O)[C@@H](O)[C@]2(C)[C@@H](c3ccc(=O)oc3)CC[C@]12O. The normalized spacial score (nSPS) is 36.1. The van der Waals surface area contributed by atoms with Gasteiger partial charge in [0.1, 0.15) is 18.2 Å². The zero-order chi connectivity index (χ0) is 35.0. The van der Waals surface area contributed by atoms with Gasteiger partial charge in [0.05, 0.1) is 18.3 Å². The van der Waals surface area contributed by atoms with Crippen LogP contribution in [0.2, 0.25) is 0 Å². The number of guanidine groups is 1. The monoisotopic (exact) mass is 672 g/mol. The van der Waals surface area contributed by atoms with Crippen molar-refractivity contribution in [1.29, 1.82) is 0 Å². The van der Waals surface area contributed by atoms with E-state index in [0.717, 1.165) is 6.42 Å². The molecule has 0 unspecified atom stereocenters. The molecule has 1 amide bonds. The number of hydrogen-bond donors (Lipinski definition) is 6. The quantitative estimate of drug-likeness (QED) is 0.0844. The number of fused-ring (bicyclic) bond motifs is 5. The molecule has 14 heteroatoms. The molecule has 4 saturated carbocycles. The first-order chi connectivity index (χ1) is 22.6. The van der Waals surface area contributed by atoms with E-state index in [-0.39, 0.29) is 55.3 Å². The summed E-state index contributed by atoms with van der Waals surface area (Å²) >= 11 is 0. The Hall–Kier alpha value is -3.78. The van der Waals surface area contributed by atoms with Crippen molar-refractivity contribution < 1.29 is 43.7 Å².